The lowest BCUT2D eigenvalue weighted by molar-refractivity contribution is 1.01. The Morgan fingerprint density at radius 3 is 1.97 bits per heavy atom. The van der Waals surface area contributed by atoms with Crippen molar-refractivity contribution < 1.29 is 0 Å². The van der Waals surface area contributed by atoms with Gasteiger partial charge in [0.05, 0.1) is 22.1 Å². The third kappa shape index (κ3) is 2.04. The Morgan fingerprint density at radius 2 is 1.12 bits per heavy atom. The Balaban J connectivity index is 1.70. The van der Waals surface area contributed by atoms with Crippen molar-refractivity contribution >= 4 is 59.9 Å². The number of nitrogens with zero attached hydrogens (tertiary/aromatic N) is 2. The molecular formula is C31H20N2. The van der Waals surface area contributed by atoms with Crippen molar-refractivity contribution in [2.24, 2.45) is 7.05 Å². The van der Waals surface area contributed by atoms with E-state index in [1.165, 1.54) is 71.0 Å². The molecule has 0 fully saturated rings. The van der Waals surface area contributed by atoms with Crippen LogP contribution in [0, 0.1) is 0 Å². The van der Waals surface area contributed by atoms with Crippen molar-refractivity contribution in [3.8, 4) is 11.1 Å². The average Bonchev–Trinajstić information content (AvgIpc) is 3.32. The summed E-state index contributed by atoms with van der Waals surface area (Å²) in [5, 5.41) is 7.93. The molecule has 0 amide bonds. The zero-order chi connectivity index (χ0) is 21.7. The highest BCUT2D eigenvalue weighted by molar-refractivity contribution is 6.30. The number of aryl methyl sites for hydroxylation is 1. The molecule has 5 aromatic carbocycles. The maximum atomic E-state index is 2.50. The molecule has 8 aromatic rings. The second-order valence-corrected chi connectivity index (χ2v) is 9.07. The van der Waals surface area contributed by atoms with Gasteiger partial charge in [0.1, 0.15) is 0 Å². The summed E-state index contributed by atoms with van der Waals surface area (Å²) in [4.78, 5) is 0. The lowest BCUT2D eigenvalue weighted by Crippen LogP contribution is -1.89. The normalized spacial score (nSPS) is 12.4. The second-order valence-electron chi connectivity index (χ2n) is 9.07. The highest BCUT2D eigenvalue weighted by Crippen LogP contribution is 2.43. The minimum atomic E-state index is 1.25. The quantitative estimate of drug-likeness (QED) is 0.253. The molecule has 0 bridgehead atoms. The lowest BCUT2D eigenvalue weighted by atomic mass is 10.0. The molecule has 154 valence electrons. The third-order valence-electron chi connectivity index (χ3n) is 7.46. The molecule has 0 radical (unpaired) electrons. The zero-order valence-electron chi connectivity index (χ0n) is 18.2. The number of hydrogen-bond acceptors (Lipinski definition) is 0. The molecule has 2 nitrogen and oxygen atoms in total. The van der Waals surface area contributed by atoms with Crippen LogP contribution in [0.5, 0.6) is 0 Å². The van der Waals surface area contributed by atoms with Crippen molar-refractivity contribution in [2.75, 3.05) is 0 Å². The second kappa shape index (κ2) is 5.93. The fourth-order valence-electron chi connectivity index (χ4n) is 6.03. The van der Waals surface area contributed by atoms with Crippen LogP contribution in [0.3, 0.4) is 0 Å². The molecule has 3 heterocycles. The van der Waals surface area contributed by atoms with Gasteiger partial charge in [-0.1, -0.05) is 72.8 Å². The smallest absolute Gasteiger partial charge is 0.0619 e. The third-order valence-corrected chi connectivity index (χ3v) is 7.46. The van der Waals surface area contributed by atoms with E-state index in [9.17, 15) is 0 Å². The number of benzene rings is 5. The molecule has 0 N–H and O–H groups in total. The fourth-order valence-corrected chi connectivity index (χ4v) is 6.03. The molecule has 0 atom stereocenters. The SMILES string of the molecule is Cn1c2cccc3c4cccc5c6cc(-c7ccccc7)ccc6n(c6cccc1c6c32)c45. The van der Waals surface area contributed by atoms with Crippen molar-refractivity contribution in [2.45, 2.75) is 0 Å². The van der Waals surface area contributed by atoms with Crippen LogP contribution in [0.25, 0.3) is 71.0 Å². The van der Waals surface area contributed by atoms with Crippen LogP contribution in [0.2, 0.25) is 0 Å². The van der Waals surface area contributed by atoms with E-state index < -0.39 is 0 Å². The number of aromatic nitrogens is 2. The fraction of sp³-hybridized carbons (Fsp3) is 0.0323. The molecular weight excluding hydrogens is 400 g/mol. The van der Waals surface area contributed by atoms with Crippen molar-refractivity contribution in [3.05, 3.63) is 103 Å². The summed E-state index contributed by atoms with van der Waals surface area (Å²) in [5.41, 5.74) is 8.90. The van der Waals surface area contributed by atoms with Crippen molar-refractivity contribution in [3.63, 3.8) is 0 Å². The number of fused-ring (bicyclic) bond motifs is 5. The number of para-hydroxylation sites is 1. The molecule has 3 aromatic heterocycles. The topological polar surface area (TPSA) is 9.34 Å². The van der Waals surface area contributed by atoms with E-state index in [2.05, 4.69) is 119 Å². The van der Waals surface area contributed by atoms with E-state index in [1.807, 2.05) is 0 Å². The summed E-state index contributed by atoms with van der Waals surface area (Å²) < 4.78 is 4.83. The van der Waals surface area contributed by atoms with Crippen LogP contribution in [0.15, 0.2) is 103 Å². The molecule has 0 unspecified atom stereocenters. The Hall–Kier alpha value is -4.30. The molecule has 2 heteroatoms. The Bertz CT molecular complexity index is 2020. The maximum Gasteiger partial charge on any atom is 0.0619 e. The summed E-state index contributed by atoms with van der Waals surface area (Å²) in [6, 6.07) is 37.8. The molecule has 33 heavy (non-hydrogen) atoms. The van der Waals surface area contributed by atoms with Crippen LogP contribution in [-0.2, 0) is 7.05 Å². The summed E-state index contributed by atoms with van der Waals surface area (Å²) in [5.74, 6) is 0. The molecule has 0 aliphatic heterocycles. The van der Waals surface area contributed by atoms with Crippen molar-refractivity contribution in [1.29, 1.82) is 0 Å². The van der Waals surface area contributed by atoms with E-state index in [1.54, 1.807) is 0 Å². The Kier molecular flexibility index (Phi) is 3.11. The van der Waals surface area contributed by atoms with Gasteiger partial charge in [-0.15, -0.1) is 0 Å². The minimum absolute atomic E-state index is 1.25. The number of rotatable bonds is 1. The maximum absolute atomic E-state index is 2.50. The van der Waals surface area contributed by atoms with E-state index in [0.717, 1.165) is 0 Å². The van der Waals surface area contributed by atoms with Gasteiger partial charge in [0, 0.05) is 39.5 Å². The van der Waals surface area contributed by atoms with Gasteiger partial charge in [-0.3, -0.25) is 0 Å². The minimum Gasteiger partial charge on any atom is -0.344 e. The summed E-state index contributed by atoms with van der Waals surface area (Å²) in [7, 11) is 2.18. The van der Waals surface area contributed by atoms with Gasteiger partial charge in [0.2, 0.25) is 0 Å². The Labute approximate surface area is 190 Å². The first-order valence-electron chi connectivity index (χ1n) is 11.4. The van der Waals surface area contributed by atoms with Gasteiger partial charge in [0.25, 0.3) is 0 Å². The predicted molar refractivity (Wildman–Crippen MR) is 141 cm³/mol. The monoisotopic (exact) mass is 420 g/mol. The summed E-state index contributed by atoms with van der Waals surface area (Å²) >= 11 is 0. The predicted octanol–water partition coefficient (Wildman–Crippen LogP) is 8.15. The first kappa shape index (κ1) is 17.3. The molecule has 0 aliphatic rings. The first-order valence-corrected chi connectivity index (χ1v) is 11.4. The van der Waals surface area contributed by atoms with E-state index in [0.29, 0.717) is 0 Å². The van der Waals surface area contributed by atoms with Crippen LogP contribution >= 0.6 is 0 Å². The van der Waals surface area contributed by atoms with Crippen LogP contribution in [0.4, 0.5) is 0 Å². The van der Waals surface area contributed by atoms with Gasteiger partial charge in [-0.25, -0.2) is 0 Å². The highest BCUT2D eigenvalue weighted by Gasteiger charge is 2.20. The summed E-state index contributed by atoms with van der Waals surface area (Å²) in [6.45, 7) is 0. The molecule has 0 aliphatic carbocycles. The molecule has 0 spiro atoms. The lowest BCUT2D eigenvalue weighted by Gasteiger charge is -2.04. The average molecular weight is 421 g/mol. The van der Waals surface area contributed by atoms with E-state index in [-0.39, 0.29) is 0 Å². The van der Waals surface area contributed by atoms with E-state index in [4.69, 9.17) is 0 Å². The van der Waals surface area contributed by atoms with Crippen LogP contribution < -0.4 is 0 Å². The highest BCUT2D eigenvalue weighted by atomic mass is 15.0. The number of hydrogen-bond donors (Lipinski definition) is 0. The van der Waals surface area contributed by atoms with Gasteiger partial charge in [0.15, 0.2) is 0 Å². The van der Waals surface area contributed by atoms with Gasteiger partial charge < -0.3 is 8.97 Å². The Morgan fingerprint density at radius 1 is 0.455 bits per heavy atom. The standard InChI is InChI=1S/C31H20N2/c1-32-26-13-6-10-21-22-11-5-12-23-24-18-20(19-8-3-2-4-9-19)16-17-25(24)33(31(22)23)28-15-7-14-27(32)30(28)29(21)26/h2-18H,1H3. The van der Waals surface area contributed by atoms with Crippen LogP contribution in [-0.4, -0.2) is 8.97 Å². The van der Waals surface area contributed by atoms with Crippen LogP contribution in [0.1, 0.15) is 0 Å². The molecule has 0 saturated heterocycles. The first-order chi connectivity index (χ1) is 16.3. The van der Waals surface area contributed by atoms with Gasteiger partial charge in [-0.05, 0) is 46.8 Å². The van der Waals surface area contributed by atoms with E-state index >= 15 is 0 Å². The molecule has 8 rings (SSSR count). The largest absolute Gasteiger partial charge is 0.344 e. The molecule has 0 saturated carbocycles. The van der Waals surface area contributed by atoms with Gasteiger partial charge >= 0.3 is 0 Å². The summed E-state index contributed by atoms with van der Waals surface area (Å²) in [6.07, 6.45) is 0. The van der Waals surface area contributed by atoms with Crippen molar-refractivity contribution in [1.82, 2.24) is 8.97 Å². The van der Waals surface area contributed by atoms with Gasteiger partial charge in [-0.2, -0.15) is 0 Å². The zero-order valence-corrected chi connectivity index (χ0v) is 18.2.